The summed E-state index contributed by atoms with van der Waals surface area (Å²) in [5.41, 5.74) is -2.92. The van der Waals surface area contributed by atoms with E-state index >= 15 is 0 Å². The van der Waals surface area contributed by atoms with Crippen molar-refractivity contribution in [3.63, 3.8) is 0 Å². The normalized spacial score (nSPS) is 17.1. The fraction of sp³-hybridized carbons (Fsp3) is 1.00. The monoisotopic (exact) mass is 733 g/mol. The molecule has 0 aliphatic rings. The van der Waals surface area contributed by atoms with Crippen LogP contribution in [0.15, 0.2) is 0 Å². The molecule has 0 aliphatic carbocycles. The average molecular weight is 733 g/mol. The van der Waals surface area contributed by atoms with Crippen molar-refractivity contribution in [2.75, 3.05) is 0 Å². The van der Waals surface area contributed by atoms with Crippen molar-refractivity contribution >= 4 is 0 Å². The van der Waals surface area contributed by atoms with Gasteiger partial charge in [0.1, 0.15) is 0 Å². The topological polar surface area (TPSA) is 92.2 Å². The smallest absolute Gasteiger partial charge is 0.849 e. The molecular formula is C44H92O4Ti. The SMILES string of the molecule is CCC(C)([O-])C(CC)(CC)CC.CCC(C)([O-])C(CC)(CC)CC.CCC(C)([O-])C(CC)(CC)CC.CCC(C)([O-])C(CC)(CC)CC.[Ti+4]. The zero-order valence-corrected chi connectivity index (χ0v) is 39.0. The first-order valence-electron chi connectivity index (χ1n) is 20.8. The average Bonchev–Trinajstić information content (AvgIpc) is 3.09. The predicted octanol–water partition coefficient (Wildman–Crippen LogP) is 10.9. The Morgan fingerprint density at radius 2 is 0.306 bits per heavy atom. The molecule has 0 saturated carbocycles. The van der Waals surface area contributed by atoms with Crippen molar-refractivity contribution in [2.45, 2.75) is 264 Å². The van der Waals surface area contributed by atoms with E-state index in [4.69, 9.17) is 0 Å². The van der Waals surface area contributed by atoms with Crippen LogP contribution in [0.3, 0.4) is 0 Å². The first-order valence-corrected chi connectivity index (χ1v) is 20.8. The van der Waals surface area contributed by atoms with Gasteiger partial charge in [0, 0.05) is 0 Å². The molecule has 5 heteroatoms. The minimum Gasteiger partial charge on any atom is -0.849 e. The van der Waals surface area contributed by atoms with E-state index in [2.05, 4.69) is 83.1 Å². The van der Waals surface area contributed by atoms with Gasteiger partial charge in [-0.1, -0.05) is 241 Å². The summed E-state index contributed by atoms with van der Waals surface area (Å²) < 4.78 is 0. The number of rotatable bonds is 20. The van der Waals surface area contributed by atoms with Gasteiger partial charge < -0.3 is 20.4 Å². The first kappa shape index (κ1) is 58.9. The van der Waals surface area contributed by atoms with Gasteiger partial charge in [0.25, 0.3) is 0 Å². The second-order valence-electron chi connectivity index (χ2n) is 15.7. The molecule has 0 radical (unpaired) electrons. The van der Waals surface area contributed by atoms with E-state index < -0.39 is 22.4 Å². The molecule has 4 atom stereocenters. The molecular weight excluding hydrogens is 640 g/mol. The summed E-state index contributed by atoms with van der Waals surface area (Å²) >= 11 is 0. The van der Waals surface area contributed by atoms with Gasteiger partial charge in [0.05, 0.1) is 0 Å². The van der Waals surface area contributed by atoms with E-state index in [1.165, 1.54) is 0 Å². The maximum absolute atomic E-state index is 12.2. The molecule has 0 N–H and O–H groups in total. The summed E-state index contributed by atoms with van der Waals surface area (Å²) in [5, 5.41) is 48.7. The van der Waals surface area contributed by atoms with E-state index in [0.29, 0.717) is 0 Å². The van der Waals surface area contributed by atoms with Crippen LogP contribution in [0.4, 0.5) is 0 Å². The molecule has 0 saturated heterocycles. The van der Waals surface area contributed by atoms with Gasteiger partial charge in [-0.2, -0.15) is 0 Å². The quantitative estimate of drug-likeness (QED) is 0.117. The third kappa shape index (κ3) is 14.7. The Balaban J connectivity index is -0.000000174. The standard InChI is InChI=1S/4C11H23O.Ti/c4*1-6-10(5,12)11(7-2,8-3)9-4;/h4*6-9H2,1-5H3;/q4*-1;+4. The van der Waals surface area contributed by atoms with Crippen molar-refractivity contribution in [3.8, 4) is 0 Å². The van der Waals surface area contributed by atoms with Crippen LogP contribution in [0.1, 0.15) is 241 Å². The van der Waals surface area contributed by atoms with Gasteiger partial charge in [-0.25, -0.2) is 0 Å². The molecule has 0 aromatic heterocycles. The zero-order chi connectivity index (χ0) is 39.3. The Kier molecular flexibility index (Phi) is 31.6. The maximum Gasteiger partial charge on any atom is 4.00 e. The third-order valence-corrected chi connectivity index (χ3v) is 15.3. The second-order valence-corrected chi connectivity index (χ2v) is 15.7. The number of hydrogen-bond acceptors (Lipinski definition) is 4. The van der Waals surface area contributed by atoms with E-state index in [1.807, 2.05) is 55.4 Å². The minimum atomic E-state index is -0.745. The molecule has 0 bridgehead atoms. The Morgan fingerprint density at radius 1 is 0.224 bits per heavy atom. The maximum atomic E-state index is 12.2. The minimum absolute atomic E-state index is 0. The summed E-state index contributed by atoms with van der Waals surface area (Å²) in [6.45, 7) is 41.1. The van der Waals surface area contributed by atoms with Gasteiger partial charge >= 0.3 is 21.7 Å². The molecule has 4 unspecified atom stereocenters. The molecule has 0 rings (SSSR count). The third-order valence-electron chi connectivity index (χ3n) is 15.3. The number of hydrogen-bond donors (Lipinski definition) is 0. The zero-order valence-electron chi connectivity index (χ0n) is 37.4. The largest absolute Gasteiger partial charge is 4.00 e. The second kappa shape index (κ2) is 26.3. The van der Waals surface area contributed by atoms with E-state index in [0.717, 1.165) is 103 Å². The molecule has 0 heterocycles. The molecule has 49 heavy (non-hydrogen) atoms. The Bertz CT molecular complexity index is 594. The van der Waals surface area contributed by atoms with E-state index in [1.54, 1.807) is 0 Å². The van der Waals surface area contributed by atoms with E-state index in [9.17, 15) is 20.4 Å². The van der Waals surface area contributed by atoms with Gasteiger partial charge in [0.2, 0.25) is 0 Å². The van der Waals surface area contributed by atoms with Crippen molar-refractivity contribution in [1.29, 1.82) is 0 Å². The molecule has 0 spiro atoms. The van der Waals surface area contributed by atoms with Crippen LogP contribution in [0.2, 0.25) is 0 Å². The van der Waals surface area contributed by atoms with Gasteiger partial charge in [-0.3, -0.25) is 0 Å². The van der Waals surface area contributed by atoms with Crippen molar-refractivity contribution < 1.29 is 42.1 Å². The first-order chi connectivity index (χ1) is 22.0. The van der Waals surface area contributed by atoms with Crippen molar-refractivity contribution in [3.05, 3.63) is 0 Å². The Hall–Kier alpha value is 0.554. The van der Waals surface area contributed by atoms with Crippen LogP contribution < -0.4 is 20.4 Å². The summed E-state index contributed by atoms with van der Waals surface area (Å²) in [6.07, 6.45) is 15.0. The van der Waals surface area contributed by atoms with Gasteiger partial charge in [0.15, 0.2) is 0 Å². The van der Waals surface area contributed by atoms with Crippen molar-refractivity contribution in [2.24, 2.45) is 21.7 Å². The van der Waals surface area contributed by atoms with E-state index in [-0.39, 0.29) is 43.4 Å². The van der Waals surface area contributed by atoms with Crippen LogP contribution in [0, 0.1) is 21.7 Å². The molecule has 296 valence electrons. The molecule has 0 aromatic carbocycles. The van der Waals surface area contributed by atoms with Crippen LogP contribution in [-0.2, 0) is 21.7 Å². The predicted molar refractivity (Wildman–Crippen MR) is 208 cm³/mol. The summed E-state index contributed by atoms with van der Waals surface area (Å²) in [4.78, 5) is 0. The molecule has 0 aliphatic heterocycles. The van der Waals surface area contributed by atoms with Gasteiger partial charge in [-0.05, 0) is 21.7 Å². The summed E-state index contributed by atoms with van der Waals surface area (Å²) in [7, 11) is 0. The molecule has 0 aromatic rings. The summed E-state index contributed by atoms with van der Waals surface area (Å²) in [6, 6.07) is 0. The van der Waals surface area contributed by atoms with Crippen molar-refractivity contribution in [1.82, 2.24) is 0 Å². The van der Waals surface area contributed by atoms with Crippen LogP contribution in [0.25, 0.3) is 0 Å². The Labute approximate surface area is 326 Å². The summed E-state index contributed by atoms with van der Waals surface area (Å²) in [5.74, 6) is 0. The fourth-order valence-electron chi connectivity index (χ4n) is 8.99. The molecule has 0 amide bonds. The Morgan fingerprint density at radius 3 is 0.327 bits per heavy atom. The van der Waals surface area contributed by atoms with Crippen LogP contribution in [-0.4, -0.2) is 22.4 Å². The van der Waals surface area contributed by atoms with Crippen LogP contribution in [0.5, 0.6) is 0 Å². The van der Waals surface area contributed by atoms with Gasteiger partial charge in [-0.15, -0.1) is 22.4 Å². The molecule has 4 nitrogen and oxygen atoms in total. The van der Waals surface area contributed by atoms with Crippen LogP contribution >= 0.6 is 0 Å². The fourth-order valence-corrected chi connectivity index (χ4v) is 8.99. The molecule has 0 fully saturated rings.